The molecule has 1 aliphatic carbocycles. The van der Waals surface area contributed by atoms with Crippen molar-refractivity contribution in [3.8, 4) is 0 Å². The van der Waals surface area contributed by atoms with Crippen LogP contribution in [0.3, 0.4) is 0 Å². The Kier molecular flexibility index (Phi) is 8.17. The first kappa shape index (κ1) is 23.4. The molecule has 1 amide bonds. The Labute approximate surface area is 184 Å². The fourth-order valence-electron chi connectivity index (χ4n) is 4.35. The van der Waals surface area contributed by atoms with E-state index < -0.39 is 0 Å². The summed E-state index contributed by atoms with van der Waals surface area (Å²) in [5.41, 5.74) is -0.317. The van der Waals surface area contributed by atoms with Crippen molar-refractivity contribution in [3.05, 3.63) is 18.5 Å². The summed E-state index contributed by atoms with van der Waals surface area (Å²) in [4.78, 5) is 25.3. The SMILES string of the molecule is C=CC(=O)N1CCC(CNC(C)(CC2CC2)c2nnnn2CCCC(=O)OCC)CC1. The van der Waals surface area contributed by atoms with Crippen LogP contribution in [0.4, 0.5) is 0 Å². The molecule has 0 bridgehead atoms. The summed E-state index contributed by atoms with van der Waals surface area (Å²) >= 11 is 0. The first-order valence-electron chi connectivity index (χ1n) is 11.5. The number of carbonyl (C=O) groups excluding carboxylic acids is 2. The van der Waals surface area contributed by atoms with Crippen molar-refractivity contribution in [3.63, 3.8) is 0 Å². The summed E-state index contributed by atoms with van der Waals surface area (Å²) in [7, 11) is 0. The second kappa shape index (κ2) is 10.8. The van der Waals surface area contributed by atoms with Crippen LogP contribution in [0, 0.1) is 11.8 Å². The van der Waals surface area contributed by atoms with E-state index in [2.05, 4.69) is 34.3 Å². The van der Waals surface area contributed by atoms with Crippen LogP contribution in [-0.4, -0.2) is 63.2 Å². The Hall–Kier alpha value is -2.29. The van der Waals surface area contributed by atoms with Crippen molar-refractivity contribution in [1.82, 2.24) is 30.4 Å². The summed E-state index contributed by atoms with van der Waals surface area (Å²) in [6.45, 7) is 11.0. The molecule has 0 radical (unpaired) electrons. The van der Waals surface area contributed by atoms with E-state index in [9.17, 15) is 9.59 Å². The second-order valence-electron chi connectivity index (χ2n) is 8.97. The average Bonchev–Trinajstić information content (AvgIpc) is 3.45. The lowest BCUT2D eigenvalue weighted by molar-refractivity contribution is -0.143. The highest BCUT2D eigenvalue weighted by Gasteiger charge is 2.39. The Morgan fingerprint density at radius 2 is 2.00 bits per heavy atom. The molecule has 2 fully saturated rings. The van der Waals surface area contributed by atoms with Gasteiger partial charge >= 0.3 is 5.97 Å². The van der Waals surface area contributed by atoms with E-state index in [1.807, 2.05) is 16.5 Å². The molecule has 9 nitrogen and oxygen atoms in total. The van der Waals surface area contributed by atoms with Gasteiger partial charge in [0.25, 0.3) is 0 Å². The number of aryl methyl sites for hydroxylation is 1. The first-order chi connectivity index (χ1) is 14.9. The van der Waals surface area contributed by atoms with E-state index in [1.165, 1.54) is 18.9 Å². The lowest BCUT2D eigenvalue weighted by atomic mass is 9.90. The van der Waals surface area contributed by atoms with Gasteiger partial charge in [0.1, 0.15) is 0 Å². The minimum atomic E-state index is -0.317. The molecule has 1 aliphatic heterocycles. The van der Waals surface area contributed by atoms with Crippen LogP contribution in [0.5, 0.6) is 0 Å². The maximum atomic E-state index is 11.8. The number of ether oxygens (including phenoxy) is 1. The smallest absolute Gasteiger partial charge is 0.305 e. The van der Waals surface area contributed by atoms with Gasteiger partial charge in [-0.05, 0) is 74.4 Å². The van der Waals surface area contributed by atoms with Crippen LogP contribution < -0.4 is 5.32 Å². The van der Waals surface area contributed by atoms with Crippen molar-refractivity contribution in [2.24, 2.45) is 11.8 Å². The topological polar surface area (TPSA) is 102 Å². The standard InChI is InChI=1S/C22H36N6O3/c1-4-19(29)27-13-10-18(11-14-27)16-23-22(3,15-17-8-9-17)21-24-25-26-28(21)12-6-7-20(30)31-5-2/h4,17-18,23H,1,5-16H2,2-3H3. The average molecular weight is 433 g/mol. The van der Waals surface area contributed by atoms with Crippen LogP contribution in [0.2, 0.25) is 0 Å². The molecule has 2 aliphatic rings. The van der Waals surface area contributed by atoms with Crippen LogP contribution in [0.25, 0.3) is 0 Å². The van der Waals surface area contributed by atoms with Gasteiger partial charge in [-0.1, -0.05) is 19.4 Å². The van der Waals surface area contributed by atoms with Gasteiger partial charge in [0.05, 0.1) is 12.1 Å². The van der Waals surface area contributed by atoms with Gasteiger partial charge in [-0.15, -0.1) is 5.10 Å². The normalized spacial score (nSPS) is 19.1. The van der Waals surface area contributed by atoms with Crippen LogP contribution in [0.15, 0.2) is 12.7 Å². The molecular formula is C22H36N6O3. The molecule has 1 aromatic rings. The Morgan fingerprint density at radius 3 is 2.65 bits per heavy atom. The minimum absolute atomic E-state index is 0.0203. The van der Waals surface area contributed by atoms with Gasteiger partial charge in [0, 0.05) is 26.1 Å². The van der Waals surface area contributed by atoms with E-state index in [1.54, 1.807) is 0 Å². The van der Waals surface area contributed by atoms with Crippen molar-refractivity contribution >= 4 is 11.9 Å². The van der Waals surface area contributed by atoms with Gasteiger partial charge in [0.15, 0.2) is 5.82 Å². The lowest BCUT2D eigenvalue weighted by Gasteiger charge is -2.35. The maximum Gasteiger partial charge on any atom is 0.305 e. The molecular weight excluding hydrogens is 396 g/mol. The molecule has 1 N–H and O–H groups in total. The van der Waals surface area contributed by atoms with Gasteiger partial charge < -0.3 is 15.0 Å². The summed E-state index contributed by atoms with van der Waals surface area (Å²) in [6, 6.07) is 0. The Bertz CT molecular complexity index is 754. The van der Waals surface area contributed by atoms with Gasteiger partial charge in [-0.25, -0.2) is 4.68 Å². The van der Waals surface area contributed by atoms with E-state index in [4.69, 9.17) is 4.74 Å². The quantitative estimate of drug-likeness (QED) is 0.398. The Balaban J connectivity index is 1.58. The zero-order valence-electron chi connectivity index (χ0n) is 18.9. The minimum Gasteiger partial charge on any atom is -0.466 e. The van der Waals surface area contributed by atoms with E-state index in [-0.39, 0.29) is 17.4 Å². The highest BCUT2D eigenvalue weighted by atomic mass is 16.5. The zero-order valence-corrected chi connectivity index (χ0v) is 18.9. The third kappa shape index (κ3) is 6.59. The predicted octanol–water partition coefficient (Wildman–Crippen LogP) is 2.05. The number of likely N-dealkylation sites (tertiary alicyclic amines) is 1. The lowest BCUT2D eigenvalue weighted by Crippen LogP contribution is -2.47. The maximum absolute atomic E-state index is 11.8. The third-order valence-corrected chi connectivity index (χ3v) is 6.36. The highest BCUT2D eigenvalue weighted by molar-refractivity contribution is 5.87. The molecule has 1 saturated carbocycles. The summed E-state index contributed by atoms with van der Waals surface area (Å²) < 4.78 is 6.85. The summed E-state index contributed by atoms with van der Waals surface area (Å²) in [5.74, 6) is 1.89. The number of hydrogen-bond acceptors (Lipinski definition) is 7. The van der Waals surface area contributed by atoms with Crippen molar-refractivity contribution in [2.45, 2.75) is 70.9 Å². The molecule has 31 heavy (non-hydrogen) atoms. The second-order valence-corrected chi connectivity index (χ2v) is 8.97. The highest BCUT2D eigenvalue weighted by Crippen LogP contribution is 2.40. The van der Waals surface area contributed by atoms with Crippen molar-refractivity contribution in [2.75, 3.05) is 26.2 Å². The molecule has 3 rings (SSSR count). The predicted molar refractivity (Wildman–Crippen MR) is 116 cm³/mol. The van der Waals surface area contributed by atoms with Gasteiger partial charge in [-0.2, -0.15) is 0 Å². The molecule has 0 spiro atoms. The molecule has 1 saturated heterocycles. The van der Waals surface area contributed by atoms with Crippen molar-refractivity contribution < 1.29 is 14.3 Å². The molecule has 172 valence electrons. The van der Waals surface area contributed by atoms with Gasteiger partial charge in [-0.3, -0.25) is 9.59 Å². The number of nitrogens with zero attached hydrogens (tertiary/aromatic N) is 5. The number of piperidine rings is 1. The molecule has 1 unspecified atom stereocenters. The summed E-state index contributed by atoms with van der Waals surface area (Å²) in [5, 5.41) is 16.3. The van der Waals surface area contributed by atoms with Crippen molar-refractivity contribution in [1.29, 1.82) is 0 Å². The number of hydrogen-bond donors (Lipinski definition) is 1. The zero-order chi connectivity index (χ0) is 22.3. The number of carbonyl (C=O) groups is 2. The van der Waals surface area contributed by atoms with Gasteiger partial charge in [0.2, 0.25) is 5.91 Å². The molecule has 2 heterocycles. The molecule has 0 aromatic carbocycles. The summed E-state index contributed by atoms with van der Waals surface area (Å²) in [6.07, 6.45) is 7.88. The third-order valence-electron chi connectivity index (χ3n) is 6.36. The number of esters is 1. The number of aromatic nitrogens is 4. The first-order valence-corrected chi connectivity index (χ1v) is 11.5. The fraction of sp³-hybridized carbons (Fsp3) is 0.773. The number of nitrogens with one attached hydrogen (secondary N) is 1. The monoisotopic (exact) mass is 432 g/mol. The largest absolute Gasteiger partial charge is 0.466 e. The van der Waals surface area contributed by atoms with Crippen LogP contribution >= 0.6 is 0 Å². The number of rotatable bonds is 12. The van der Waals surface area contributed by atoms with Crippen LogP contribution in [0.1, 0.15) is 64.6 Å². The molecule has 1 atom stereocenters. The van der Waals surface area contributed by atoms with E-state index in [0.717, 1.165) is 44.7 Å². The molecule has 1 aromatic heterocycles. The van der Waals surface area contributed by atoms with E-state index >= 15 is 0 Å². The number of amides is 1. The fourth-order valence-corrected chi connectivity index (χ4v) is 4.35. The van der Waals surface area contributed by atoms with E-state index in [0.29, 0.717) is 37.8 Å². The number of tetrazole rings is 1. The molecule has 9 heteroatoms. The van der Waals surface area contributed by atoms with Crippen LogP contribution in [-0.2, 0) is 26.4 Å². The Morgan fingerprint density at radius 1 is 1.26 bits per heavy atom.